The molecule has 0 aromatic heterocycles. The molecule has 0 aromatic carbocycles. The Balaban J connectivity index is 0.00000169. The summed E-state index contributed by atoms with van der Waals surface area (Å²) in [6.45, 7) is 4.60. The third-order valence-electron chi connectivity index (χ3n) is 3.58. The molecule has 0 aromatic rings. The van der Waals surface area contributed by atoms with Gasteiger partial charge < -0.3 is 6.15 Å². The predicted molar refractivity (Wildman–Crippen MR) is 65.0 cm³/mol. The van der Waals surface area contributed by atoms with E-state index in [2.05, 4.69) is 13.8 Å². The average Bonchev–Trinajstić information content (AvgIpc) is 2.87. The first kappa shape index (κ1) is 14.0. The van der Waals surface area contributed by atoms with Gasteiger partial charge in [0.05, 0.1) is 0 Å². The molecule has 0 heterocycles. The largest absolute Gasteiger partial charge is 0.344 e. The lowest BCUT2D eigenvalue weighted by Crippen LogP contribution is -2.00. The van der Waals surface area contributed by atoms with Crippen molar-refractivity contribution in [2.24, 2.45) is 5.41 Å². The van der Waals surface area contributed by atoms with Crippen LogP contribution in [-0.2, 0) is 0 Å². The molecule has 0 unspecified atom stereocenters. The number of hydrogen-bond acceptors (Lipinski definition) is 1. The van der Waals surface area contributed by atoms with E-state index in [1.54, 1.807) is 12.8 Å². The van der Waals surface area contributed by atoms with Crippen LogP contribution in [0.25, 0.3) is 0 Å². The Kier molecular flexibility index (Phi) is 7.26. The minimum atomic E-state index is 0. The molecule has 14 heavy (non-hydrogen) atoms. The second-order valence-electron chi connectivity index (χ2n) is 4.91. The maximum atomic E-state index is 2.30. The van der Waals surface area contributed by atoms with E-state index in [1.165, 1.54) is 51.4 Å². The zero-order valence-electron chi connectivity index (χ0n) is 10.3. The molecule has 3 N–H and O–H groups in total. The number of unbranched alkanes of at least 4 members (excludes halogenated alkanes) is 4. The molecule has 0 atom stereocenters. The van der Waals surface area contributed by atoms with Crippen molar-refractivity contribution >= 4 is 0 Å². The van der Waals surface area contributed by atoms with E-state index in [-0.39, 0.29) is 6.15 Å². The van der Waals surface area contributed by atoms with Gasteiger partial charge in [-0.1, -0.05) is 52.4 Å². The lowest BCUT2D eigenvalue weighted by molar-refractivity contribution is 0.389. The van der Waals surface area contributed by atoms with Gasteiger partial charge in [0.1, 0.15) is 0 Å². The normalized spacial score (nSPS) is 17.6. The van der Waals surface area contributed by atoms with Gasteiger partial charge in [-0.2, -0.15) is 0 Å². The summed E-state index contributed by atoms with van der Waals surface area (Å²) in [5.41, 5.74) is 0.852. The summed E-state index contributed by atoms with van der Waals surface area (Å²) < 4.78 is 0. The highest BCUT2D eigenvalue weighted by atomic mass is 14.5. The molecule has 1 heteroatoms. The third kappa shape index (κ3) is 4.99. The second kappa shape index (κ2) is 7.28. The zero-order chi connectivity index (χ0) is 9.57. The topological polar surface area (TPSA) is 35.0 Å². The van der Waals surface area contributed by atoms with E-state index in [1.807, 2.05) is 0 Å². The van der Waals surface area contributed by atoms with Gasteiger partial charge in [0.2, 0.25) is 0 Å². The summed E-state index contributed by atoms with van der Waals surface area (Å²) >= 11 is 0. The predicted octanol–water partition coefficient (Wildman–Crippen LogP) is 5.09. The third-order valence-corrected chi connectivity index (χ3v) is 3.58. The molecule has 1 saturated carbocycles. The molecule has 1 fully saturated rings. The van der Waals surface area contributed by atoms with Crippen LogP contribution in [-0.4, -0.2) is 0 Å². The molecule has 0 radical (unpaired) electrons. The van der Waals surface area contributed by atoms with Crippen LogP contribution >= 0.6 is 0 Å². The Bertz CT molecular complexity index is 115. The Labute approximate surface area is 90.2 Å². The van der Waals surface area contributed by atoms with Gasteiger partial charge in [0.25, 0.3) is 0 Å². The molecular formula is C13H29N. The van der Waals surface area contributed by atoms with Gasteiger partial charge in [0, 0.05) is 0 Å². The first-order valence-corrected chi connectivity index (χ1v) is 6.33. The molecule has 86 valence electrons. The highest BCUT2D eigenvalue weighted by Gasteiger charge is 2.40. The molecule has 1 nitrogen and oxygen atoms in total. The standard InChI is InChI=1S/C13H26.H3N/c1-3-5-7-9-13(11-12-13)10-8-6-4-2;/h3-12H2,1-2H3;1H3. The first-order chi connectivity index (χ1) is 6.33. The lowest BCUT2D eigenvalue weighted by Gasteiger charge is -2.13. The zero-order valence-corrected chi connectivity index (χ0v) is 10.3. The van der Waals surface area contributed by atoms with Gasteiger partial charge in [-0.15, -0.1) is 0 Å². The Morgan fingerprint density at radius 1 is 0.786 bits per heavy atom. The van der Waals surface area contributed by atoms with E-state index in [9.17, 15) is 0 Å². The van der Waals surface area contributed by atoms with Gasteiger partial charge in [-0.25, -0.2) is 0 Å². The smallest absolute Gasteiger partial charge is 0.0297 e. The maximum Gasteiger partial charge on any atom is -0.0297 e. The van der Waals surface area contributed by atoms with Crippen molar-refractivity contribution in [1.29, 1.82) is 0 Å². The summed E-state index contributed by atoms with van der Waals surface area (Å²) in [5, 5.41) is 0. The van der Waals surface area contributed by atoms with E-state index in [0.717, 1.165) is 5.41 Å². The fourth-order valence-electron chi connectivity index (χ4n) is 2.30. The molecule has 1 aliphatic carbocycles. The molecule has 0 amide bonds. The molecule has 0 aliphatic heterocycles. The average molecular weight is 199 g/mol. The lowest BCUT2D eigenvalue weighted by atomic mass is 9.92. The van der Waals surface area contributed by atoms with Crippen molar-refractivity contribution < 1.29 is 0 Å². The number of rotatable bonds is 8. The first-order valence-electron chi connectivity index (χ1n) is 6.33. The van der Waals surface area contributed by atoms with Crippen LogP contribution < -0.4 is 6.15 Å². The van der Waals surface area contributed by atoms with Gasteiger partial charge in [-0.3, -0.25) is 0 Å². The van der Waals surface area contributed by atoms with Crippen LogP contribution in [0.4, 0.5) is 0 Å². The number of hydrogen-bond donors (Lipinski definition) is 1. The maximum absolute atomic E-state index is 2.30. The van der Waals surface area contributed by atoms with Crippen LogP contribution in [0.1, 0.15) is 78.1 Å². The fourth-order valence-corrected chi connectivity index (χ4v) is 2.30. The molecular weight excluding hydrogens is 170 g/mol. The Morgan fingerprint density at radius 2 is 1.21 bits per heavy atom. The van der Waals surface area contributed by atoms with Crippen molar-refractivity contribution in [2.45, 2.75) is 78.1 Å². The SMILES string of the molecule is CCCCCC1(CCCCC)CC1.N. The van der Waals surface area contributed by atoms with Crippen molar-refractivity contribution in [2.75, 3.05) is 0 Å². The van der Waals surface area contributed by atoms with Crippen molar-refractivity contribution in [1.82, 2.24) is 6.15 Å². The molecule has 1 rings (SSSR count). The van der Waals surface area contributed by atoms with Crippen LogP contribution in [0.15, 0.2) is 0 Å². The molecule has 0 bridgehead atoms. The van der Waals surface area contributed by atoms with Crippen LogP contribution in [0.5, 0.6) is 0 Å². The van der Waals surface area contributed by atoms with Gasteiger partial charge in [0.15, 0.2) is 0 Å². The van der Waals surface area contributed by atoms with Crippen molar-refractivity contribution in [3.63, 3.8) is 0 Å². The van der Waals surface area contributed by atoms with E-state index in [4.69, 9.17) is 0 Å². The van der Waals surface area contributed by atoms with E-state index < -0.39 is 0 Å². The molecule has 0 spiro atoms. The van der Waals surface area contributed by atoms with Crippen LogP contribution in [0.2, 0.25) is 0 Å². The Morgan fingerprint density at radius 3 is 1.50 bits per heavy atom. The molecule has 1 aliphatic rings. The fraction of sp³-hybridized carbons (Fsp3) is 1.00. The minimum Gasteiger partial charge on any atom is -0.344 e. The van der Waals surface area contributed by atoms with Crippen molar-refractivity contribution in [3.8, 4) is 0 Å². The molecule has 0 saturated heterocycles. The highest BCUT2D eigenvalue weighted by Crippen LogP contribution is 2.53. The van der Waals surface area contributed by atoms with E-state index in [0.29, 0.717) is 0 Å². The summed E-state index contributed by atoms with van der Waals surface area (Å²) in [4.78, 5) is 0. The Hall–Kier alpha value is -0.0400. The monoisotopic (exact) mass is 199 g/mol. The van der Waals surface area contributed by atoms with Crippen molar-refractivity contribution in [3.05, 3.63) is 0 Å². The van der Waals surface area contributed by atoms with Gasteiger partial charge >= 0.3 is 0 Å². The second-order valence-corrected chi connectivity index (χ2v) is 4.91. The summed E-state index contributed by atoms with van der Waals surface area (Å²) in [5.74, 6) is 0. The van der Waals surface area contributed by atoms with Crippen LogP contribution in [0, 0.1) is 5.41 Å². The summed E-state index contributed by atoms with van der Waals surface area (Å²) in [6, 6.07) is 0. The van der Waals surface area contributed by atoms with Gasteiger partial charge in [-0.05, 0) is 31.1 Å². The summed E-state index contributed by atoms with van der Waals surface area (Å²) in [7, 11) is 0. The minimum absolute atomic E-state index is 0. The van der Waals surface area contributed by atoms with E-state index >= 15 is 0 Å². The summed E-state index contributed by atoms with van der Waals surface area (Å²) in [6.07, 6.45) is 14.8. The van der Waals surface area contributed by atoms with Crippen LogP contribution in [0.3, 0.4) is 0 Å². The quantitative estimate of drug-likeness (QED) is 0.543. The highest BCUT2D eigenvalue weighted by molar-refractivity contribution is 4.92.